The second kappa shape index (κ2) is 4.77. The molecule has 0 aromatic heterocycles. The van der Waals surface area contributed by atoms with Crippen LogP contribution in [0.1, 0.15) is 18.1 Å². The molecule has 72 valence electrons. The predicted octanol–water partition coefficient (Wildman–Crippen LogP) is 2.69. The summed E-state index contributed by atoms with van der Waals surface area (Å²) in [6, 6.07) is 7.56. The Morgan fingerprint density at radius 2 is 2.29 bits per heavy atom. The highest BCUT2D eigenvalue weighted by Gasteiger charge is 2.05. The molecule has 0 atom stereocenters. The molecule has 0 radical (unpaired) electrons. The Labute approximate surface area is 91.1 Å². The molecule has 0 N–H and O–H groups in total. The molecule has 0 unspecified atom stereocenters. The van der Waals surface area contributed by atoms with Gasteiger partial charge in [-0.05, 0) is 19.1 Å². The topological polar surface area (TPSA) is 45.4 Å². The van der Waals surface area contributed by atoms with E-state index in [0.29, 0.717) is 11.3 Å². The average Bonchev–Trinajstić information content (AvgIpc) is 2.17. The van der Waals surface area contributed by atoms with Gasteiger partial charge in [0, 0.05) is 10.0 Å². The minimum Gasteiger partial charge on any atom is -0.399 e. The monoisotopic (exact) mass is 252 g/mol. The van der Waals surface area contributed by atoms with E-state index in [1.165, 1.54) is 7.11 Å². The number of rotatable bonds is 2. The summed E-state index contributed by atoms with van der Waals surface area (Å²) in [6.45, 7) is 1.80. The molecular formula is C10H9BrN2O. The molecule has 14 heavy (non-hydrogen) atoms. The number of oxime groups is 1. The molecule has 0 aliphatic heterocycles. The Balaban J connectivity index is 3.22. The number of halogens is 1. The fourth-order valence-corrected chi connectivity index (χ4v) is 1.47. The second-order valence-electron chi connectivity index (χ2n) is 2.66. The van der Waals surface area contributed by atoms with E-state index >= 15 is 0 Å². The Kier molecular flexibility index (Phi) is 3.66. The molecule has 0 aliphatic rings. The molecule has 4 heteroatoms. The summed E-state index contributed by atoms with van der Waals surface area (Å²) in [6.07, 6.45) is 0. The number of nitrogens with zero attached hydrogens (tertiary/aromatic N) is 2. The van der Waals surface area contributed by atoms with Gasteiger partial charge in [-0.25, -0.2) is 0 Å². The molecule has 0 amide bonds. The molecule has 1 aromatic rings. The van der Waals surface area contributed by atoms with Crippen molar-refractivity contribution in [2.24, 2.45) is 5.16 Å². The van der Waals surface area contributed by atoms with Gasteiger partial charge in [0.05, 0.1) is 17.3 Å². The molecule has 0 saturated heterocycles. The zero-order chi connectivity index (χ0) is 10.6. The van der Waals surface area contributed by atoms with Crippen LogP contribution in [0.25, 0.3) is 0 Å². The number of hydrogen-bond acceptors (Lipinski definition) is 3. The summed E-state index contributed by atoms with van der Waals surface area (Å²) in [4.78, 5) is 4.65. The van der Waals surface area contributed by atoms with Crippen LogP contribution < -0.4 is 0 Å². The molecule has 0 saturated carbocycles. The third-order valence-corrected chi connectivity index (χ3v) is 2.21. The molecule has 0 fully saturated rings. The smallest absolute Gasteiger partial charge is 0.106 e. The Hall–Kier alpha value is -1.34. The van der Waals surface area contributed by atoms with Crippen LogP contribution in [0.5, 0.6) is 0 Å². The quantitative estimate of drug-likeness (QED) is 0.600. The maximum atomic E-state index is 8.89. The van der Waals surface area contributed by atoms with Gasteiger partial charge < -0.3 is 4.84 Å². The molecule has 0 bridgehead atoms. The molecule has 0 aliphatic carbocycles. The minimum atomic E-state index is 0.581. The summed E-state index contributed by atoms with van der Waals surface area (Å²) in [5, 5.41) is 12.7. The fraction of sp³-hybridized carbons (Fsp3) is 0.200. The molecule has 1 rings (SSSR count). The lowest BCUT2D eigenvalue weighted by Crippen LogP contribution is -1.99. The van der Waals surface area contributed by atoms with E-state index in [2.05, 4.69) is 32.0 Å². The Morgan fingerprint density at radius 1 is 1.57 bits per heavy atom. The van der Waals surface area contributed by atoms with Crippen LogP contribution in [-0.2, 0) is 4.84 Å². The van der Waals surface area contributed by atoms with Crippen molar-refractivity contribution >= 4 is 21.6 Å². The van der Waals surface area contributed by atoms with Gasteiger partial charge in [-0.2, -0.15) is 5.26 Å². The van der Waals surface area contributed by atoms with Gasteiger partial charge in [-0.15, -0.1) is 0 Å². The predicted molar refractivity (Wildman–Crippen MR) is 58.1 cm³/mol. The van der Waals surface area contributed by atoms with Crippen molar-refractivity contribution in [2.45, 2.75) is 6.92 Å². The van der Waals surface area contributed by atoms with Crippen molar-refractivity contribution in [1.29, 1.82) is 5.26 Å². The highest BCUT2D eigenvalue weighted by atomic mass is 79.9. The normalized spacial score (nSPS) is 10.9. The third kappa shape index (κ3) is 2.33. The third-order valence-electron chi connectivity index (χ3n) is 1.72. The van der Waals surface area contributed by atoms with Gasteiger partial charge in [0.25, 0.3) is 0 Å². The van der Waals surface area contributed by atoms with Crippen molar-refractivity contribution < 1.29 is 4.84 Å². The van der Waals surface area contributed by atoms with Crippen LogP contribution in [-0.4, -0.2) is 12.8 Å². The molecule has 1 aromatic carbocycles. The second-order valence-corrected chi connectivity index (χ2v) is 3.58. The Morgan fingerprint density at radius 3 is 2.86 bits per heavy atom. The summed E-state index contributed by atoms with van der Waals surface area (Å²) < 4.78 is 0.878. The van der Waals surface area contributed by atoms with Crippen LogP contribution in [0.3, 0.4) is 0 Å². The van der Waals surface area contributed by atoms with Gasteiger partial charge in [0.1, 0.15) is 7.11 Å². The lowest BCUT2D eigenvalue weighted by Gasteiger charge is -2.02. The van der Waals surface area contributed by atoms with Crippen molar-refractivity contribution in [3.8, 4) is 6.07 Å². The molecule has 3 nitrogen and oxygen atoms in total. The van der Waals surface area contributed by atoms with Gasteiger partial charge in [-0.1, -0.05) is 27.2 Å². The number of hydrogen-bond donors (Lipinski definition) is 0. The first-order valence-corrected chi connectivity index (χ1v) is 4.76. The number of benzene rings is 1. The SMILES string of the molecule is CO/N=C(\C)c1ccc(Br)cc1C#N. The van der Waals surface area contributed by atoms with Crippen molar-refractivity contribution in [3.05, 3.63) is 33.8 Å². The van der Waals surface area contributed by atoms with Crippen LogP contribution in [0.4, 0.5) is 0 Å². The first-order chi connectivity index (χ1) is 6.69. The van der Waals surface area contributed by atoms with Crippen molar-refractivity contribution in [3.63, 3.8) is 0 Å². The van der Waals surface area contributed by atoms with E-state index in [1.54, 1.807) is 13.0 Å². The maximum absolute atomic E-state index is 8.89. The lowest BCUT2D eigenvalue weighted by atomic mass is 10.1. The molecular weight excluding hydrogens is 244 g/mol. The minimum absolute atomic E-state index is 0.581. The summed E-state index contributed by atoms with van der Waals surface area (Å²) in [5.74, 6) is 0. The molecule has 0 spiro atoms. The van der Waals surface area contributed by atoms with Crippen LogP contribution in [0.15, 0.2) is 27.8 Å². The highest BCUT2D eigenvalue weighted by molar-refractivity contribution is 9.10. The number of nitriles is 1. The van der Waals surface area contributed by atoms with Crippen molar-refractivity contribution in [1.82, 2.24) is 0 Å². The van der Waals surface area contributed by atoms with E-state index in [-0.39, 0.29) is 0 Å². The summed E-state index contributed by atoms with van der Waals surface area (Å²) >= 11 is 3.30. The van der Waals surface area contributed by atoms with E-state index in [9.17, 15) is 0 Å². The van der Waals surface area contributed by atoms with Crippen LogP contribution in [0, 0.1) is 11.3 Å². The Bertz CT molecular complexity index is 407. The first-order valence-electron chi connectivity index (χ1n) is 3.97. The largest absolute Gasteiger partial charge is 0.399 e. The average molecular weight is 253 g/mol. The van der Waals surface area contributed by atoms with E-state index in [1.807, 2.05) is 12.1 Å². The summed E-state index contributed by atoms with van der Waals surface area (Å²) in [7, 11) is 1.48. The van der Waals surface area contributed by atoms with Crippen LogP contribution >= 0.6 is 15.9 Å². The van der Waals surface area contributed by atoms with Gasteiger partial charge in [0.15, 0.2) is 0 Å². The van der Waals surface area contributed by atoms with E-state index < -0.39 is 0 Å². The standard InChI is InChI=1S/C10H9BrN2O/c1-7(13-14-2)10-4-3-9(11)5-8(10)6-12/h3-5H,1-2H3/b13-7+. The van der Waals surface area contributed by atoms with E-state index in [4.69, 9.17) is 5.26 Å². The van der Waals surface area contributed by atoms with E-state index in [0.717, 1.165) is 10.0 Å². The van der Waals surface area contributed by atoms with Gasteiger partial charge in [0.2, 0.25) is 0 Å². The fourth-order valence-electron chi connectivity index (χ4n) is 1.11. The van der Waals surface area contributed by atoms with Gasteiger partial charge >= 0.3 is 0 Å². The first kappa shape index (κ1) is 10.7. The van der Waals surface area contributed by atoms with Gasteiger partial charge in [-0.3, -0.25) is 0 Å². The van der Waals surface area contributed by atoms with Crippen LogP contribution in [0.2, 0.25) is 0 Å². The van der Waals surface area contributed by atoms with Crippen molar-refractivity contribution in [2.75, 3.05) is 7.11 Å². The molecule has 0 heterocycles. The maximum Gasteiger partial charge on any atom is 0.106 e. The zero-order valence-corrected chi connectivity index (χ0v) is 9.50. The lowest BCUT2D eigenvalue weighted by molar-refractivity contribution is 0.213. The zero-order valence-electron chi connectivity index (χ0n) is 7.91. The summed E-state index contributed by atoms with van der Waals surface area (Å²) in [5.41, 5.74) is 2.06. The highest BCUT2D eigenvalue weighted by Crippen LogP contribution is 2.16.